The number of aryl methyl sites for hydroxylation is 2. The van der Waals surface area contributed by atoms with Crippen LogP contribution < -0.4 is 10.6 Å². The summed E-state index contributed by atoms with van der Waals surface area (Å²) >= 11 is 0. The average molecular weight is 308 g/mol. The second-order valence-electron chi connectivity index (χ2n) is 5.44. The van der Waals surface area contributed by atoms with Gasteiger partial charge < -0.3 is 15.2 Å². The number of carbonyl (C=O) groups is 1. The predicted molar refractivity (Wildman–Crippen MR) is 92.4 cm³/mol. The fourth-order valence-corrected chi connectivity index (χ4v) is 2.67. The molecule has 3 rings (SSSR count). The Balaban J connectivity index is 1.69. The normalized spacial score (nSPS) is 10.7. The zero-order valence-electron chi connectivity index (χ0n) is 13.3. The Labute approximate surface area is 135 Å². The largest absolute Gasteiger partial charge is 0.331 e. The lowest BCUT2D eigenvalue weighted by Crippen LogP contribution is -2.29. The van der Waals surface area contributed by atoms with Crippen molar-refractivity contribution in [3.8, 4) is 0 Å². The van der Waals surface area contributed by atoms with Crippen LogP contribution in [0.15, 0.2) is 48.5 Å². The first-order valence-electron chi connectivity index (χ1n) is 7.73. The van der Waals surface area contributed by atoms with Crippen LogP contribution >= 0.6 is 0 Å². The Kier molecular flexibility index (Phi) is 4.28. The highest BCUT2D eigenvalue weighted by atomic mass is 16.2. The molecule has 0 radical (unpaired) electrons. The predicted octanol–water partition coefficient (Wildman–Crippen LogP) is 3.69. The first-order chi connectivity index (χ1) is 11.2. The first kappa shape index (κ1) is 15.1. The number of hydrogen-bond acceptors (Lipinski definition) is 2. The molecule has 1 heterocycles. The van der Waals surface area contributed by atoms with Crippen molar-refractivity contribution in [1.82, 2.24) is 14.9 Å². The van der Waals surface area contributed by atoms with Gasteiger partial charge in [-0.1, -0.05) is 24.3 Å². The maximum absolute atomic E-state index is 12.1. The highest BCUT2D eigenvalue weighted by molar-refractivity contribution is 5.89. The number of nitrogens with one attached hydrogen (secondary N) is 2. The minimum absolute atomic E-state index is 0.231. The van der Waals surface area contributed by atoms with E-state index in [9.17, 15) is 4.79 Å². The Hall–Kier alpha value is -2.82. The molecule has 5 nitrogen and oxygen atoms in total. The summed E-state index contributed by atoms with van der Waals surface area (Å²) < 4.78 is 2.11. The fourth-order valence-electron chi connectivity index (χ4n) is 2.67. The number of amides is 2. The van der Waals surface area contributed by atoms with Crippen molar-refractivity contribution >= 4 is 22.8 Å². The summed E-state index contributed by atoms with van der Waals surface area (Å²) in [6, 6.07) is 15.5. The molecule has 3 aromatic rings. The molecule has 23 heavy (non-hydrogen) atoms. The summed E-state index contributed by atoms with van der Waals surface area (Å²) in [5.41, 5.74) is 3.93. The van der Waals surface area contributed by atoms with E-state index in [1.165, 1.54) is 0 Å². The minimum atomic E-state index is -0.231. The van der Waals surface area contributed by atoms with Gasteiger partial charge in [-0.25, -0.2) is 9.78 Å². The van der Waals surface area contributed by atoms with E-state index in [-0.39, 0.29) is 6.03 Å². The molecule has 0 aliphatic heterocycles. The molecule has 0 atom stereocenters. The molecule has 0 unspecified atom stereocenters. The number of hydrogen-bond donors (Lipinski definition) is 2. The summed E-state index contributed by atoms with van der Waals surface area (Å²) in [6.07, 6.45) is 0. The van der Waals surface area contributed by atoms with Gasteiger partial charge in [0.25, 0.3) is 0 Å². The van der Waals surface area contributed by atoms with E-state index in [1.54, 1.807) is 0 Å². The average Bonchev–Trinajstić information content (AvgIpc) is 2.90. The summed E-state index contributed by atoms with van der Waals surface area (Å²) in [7, 11) is 0. The van der Waals surface area contributed by atoms with Crippen LogP contribution in [-0.2, 0) is 13.1 Å². The van der Waals surface area contributed by atoms with Gasteiger partial charge >= 0.3 is 6.03 Å². The molecule has 0 aliphatic carbocycles. The molecule has 0 fully saturated rings. The lowest BCUT2D eigenvalue weighted by atomic mass is 10.2. The highest BCUT2D eigenvalue weighted by Crippen LogP contribution is 2.16. The molecule has 2 N–H and O–H groups in total. The van der Waals surface area contributed by atoms with Gasteiger partial charge in [-0.15, -0.1) is 0 Å². The standard InChI is InChI=1S/C18H20N4O/c1-3-22-16-10-5-4-9-15(16)21-17(22)12-19-18(23)20-14-8-6-7-13(2)11-14/h4-11H,3,12H2,1-2H3,(H2,19,20,23). The molecule has 0 saturated heterocycles. The zero-order valence-corrected chi connectivity index (χ0v) is 13.3. The van der Waals surface area contributed by atoms with Crippen LogP contribution in [0.4, 0.5) is 10.5 Å². The molecule has 1 aromatic heterocycles. The van der Waals surface area contributed by atoms with E-state index in [0.29, 0.717) is 6.54 Å². The van der Waals surface area contributed by atoms with Gasteiger partial charge in [0, 0.05) is 12.2 Å². The van der Waals surface area contributed by atoms with E-state index < -0.39 is 0 Å². The van der Waals surface area contributed by atoms with E-state index in [2.05, 4.69) is 27.1 Å². The quantitative estimate of drug-likeness (QED) is 0.772. The number of carbonyl (C=O) groups excluding carboxylic acids is 1. The number of urea groups is 1. The molecule has 118 valence electrons. The fraction of sp³-hybridized carbons (Fsp3) is 0.222. The third kappa shape index (κ3) is 3.34. The topological polar surface area (TPSA) is 59.0 Å². The van der Waals surface area contributed by atoms with Gasteiger partial charge in [0.1, 0.15) is 5.82 Å². The van der Waals surface area contributed by atoms with Crippen LogP contribution in [0, 0.1) is 6.92 Å². The number of fused-ring (bicyclic) bond motifs is 1. The van der Waals surface area contributed by atoms with Crippen LogP contribution in [0.1, 0.15) is 18.3 Å². The lowest BCUT2D eigenvalue weighted by molar-refractivity contribution is 0.251. The molecule has 2 amide bonds. The second-order valence-corrected chi connectivity index (χ2v) is 5.44. The number of rotatable bonds is 4. The maximum Gasteiger partial charge on any atom is 0.319 e. The SMILES string of the molecule is CCn1c(CNC(=O)Nc2cccc(C)c2)nc2ccccc21. The van der Waals surface area contributed by atoms with Gasteiger partial charge in [0.05, 0.1) is 17.6 Å². The Morgan fingerprint density at radius 1 is 1.17 bits per heavy atom. The third-order valence-corrected chi connectivity index (χ3v) is 3.73. The highest BCUT2D eigenvalue weighted by Gasteiger charge is 2.10. The summed E-state index contributed by atoms with van der Waals surface area (Å²) in [4.78, 5) is 16.6. The van der Waals surface area contributed by atoms with Crippen LogP contribution in [0.2, 0.25) is 0 Å². The molecule has 0 aliphatic rings. The molecular weight excluding hydrogens is 288 g/mol. The number of anilines is 1. The monoisotopic (exact) mass is 308 g/mol. The van der Waals surface area contributed by atoms with E-state index in [1.807, 2.05) is 55.5 Å². The van der Waals surface area contributed by atoms with Gasteiger partial charge in [-0.2, -0.15) is 0 Å². The van der Waals surface area contributed by atoms with Crippen molar-refractivity contribution in [2.45, 2.75) is 26.9 Å². The number of nitrogens with zero attached hydrogens (tertiary/aromatic N) is 2. The van der Waals surface area contributed by atoms with Crippen molar-refractivity contribution in [2.24, 2.45) is 0 Å². The van der Waals surface area contributed by atoms with Gasteiger partial charge in [0.2, 0.25) is 0 Å². The van der Waals surface area contributed by atoms with Crippen LogP contribution in [-0.4, -0.2) is 15.6 Å². The van der Waals surface area contributed by atoms with Crippen LogP contribution in [0.25, 0.3) is 11.0 Å². The van der Waals surface area contributed by atoms with Gasteiger partial charge in [0.15, 0.2) is 0 Å². The number of imidazole rings is 1. The van der Waals surface area contributed by atoms with E-state index in [4.69, 9.17) is 0 Å². The number of benzene rings is 2. The van der Waals surface area contributed by atoms with Crippen LogP contribution in [0.3, 0.4) is 0 Å². The van der Waals surface area contributed by atoms with Crippen molar-refractivity contribution in [3.05, 3.63) is 59.9 Å². The third-order valence-electron chi connectivity index (χ3n) is 3.73. The summed E-state index contributed by atoms with van der Waals surface area (Å²) in [5.74, 6) is 0.855. The Morgan fingerprint density at radius 2 is 2.00 bits per heavy atom. The number of aromatic nitrogens is 2. The van der Waals surface area contributed by atoms with Crippen molar-refractivity contribution in [2.75, 3.05) is 5.32 Å². The van der Waals surface area contributed by atoms with Crippen molar-refractivity contribution < 1.29 is 4.79 Å². The molecule has 0 bridgehead atoms. The van der Waals surface area contributed by atoms with E-state index in [0.717, 1.165) is 34.7 Å². The molecular formula is C18H20N4O. The van der Waals surface area contributed by atoms with Crippen molar-refractivity contribution in [1.29, 1.82) is 0 Å². The van der Waals surface area contributed by atoms with Crippen LogP contribution in [0.5, 0.6) is 0 Å². The van der Waals surface area contributed by atoms with Gasteiger partial charge in [-0.3, -0.25) is 0 Å². The molecule has 0 spiro atoms. The summed E-state index contributed by atoms with van der Waals surface area (Å²) in [5, 5.41) is 5.71. The van der Waals surface area contributed by atoms with Crippen molar-refractivity contribution in [3.63, 3.8) is 0 Å². The Morgan fingerprint density at radius 3 is 2.78 bits per heavy atom. The minimum Gasteiger partial charge on any atom is -0.331 e. The van der Waals surface area contributed by atoms with E-state index >= 15 is 0 Å². The first-order valence-corrected chi connectivity index (χ1v) is 7.73. The number of para-hydroxylation sites is 2. The summed E-state index contributed by atoms with van der Waals surface area (Å²) in [6.45, 7) is 5.27. The molecule has 5 heteroatoms. The smallest absolute Gasteiger partial charge is 0.319 e. The second kappa shape index (κ2) is 6.52. The Bertz CT molecular complexity index is 838. The molecule has 2 aromatic carbocycles. The molecule has 0 saturated carbocycles. The maximum atomic E-state index is 12.1. The van der Waals surface area contributed by atoms with Gasteiger partial charge in [-0.05, 0) is 43.7 Å². The zero-order chi connectivity index (χ0) is 16.2. The lowest BCUT2D eigenvalue weighted by Gasteiger charge is -2.09.